The number of rotatable bonds is 4. The summed E-state index contributed by atoms with van der Waals surface area (Å²) in [6.45, 7) is 3.79. The van der Waals surface area contributed by atoms with Crippen molar-refractivity contribution >= 4 is 11.8 Å². The van der Waals surface area contributed by atoms with Crippen LogP contribution in [0.4, 0.5) is 4.39 Å². The average Bonchev–Trinajstić information content (AvgIpc) is 3.10. The Balaban J connectivity index is 1.45. The first-order valence-corrected chi connectivity index (χ1v) is 10.8. The molecule has 1 aromatic rings. The molecule has 2 amide bonds. The summed E-state index contributed by atoms with van der Waals surface area (Å²) in [5.74, 6) is -0.431. The van der Waals surface area contributed by atoms with Gasteiger partial charge in [0.15, 0.2) is 11.5 Å². The number of halogens is 1. The molecule has 3 fully saturated rings. The average molecular weight is 403 g/mol. The Hall–Kier alpha value is -2.02. The van der Waals surface area contributed by atoms with E-state index in [4.69, 9.17) is 4.74 Å². The lowest BCUT2D eigenvalue weighted by molar-refractivity contribution is -0.135. The molecule has 3 heterocycles. The van der Waals surface area contributed by atoms with E-state index in [0.717, 1.165) is 32.1 Å². The van der Waals surface area contributed by atoms with Crippen LogP contribution in [0.3, 0.4) is 0 Å². The maximum Gasteiger partial charge on any atom is 0.275 e. The number of carbonyl (C=O) groups is 2. The Morgan fingerprint density at radius 1 is 1.17 bits per heavy atom. The molecule has 0 aromatic carbocycles. The quantitative estimate of drug-likeness (QED) is 0.776. The molecule has 1 unspecified atom stereocenters. The summed E-state index contributed by atoms with van der Waals surface area (Å²) in [6.07, 6.45) is 8.46. The van der Waals surface area contributed by atoms with Gasteiger partial charge < -0.3 is 14.5 Å². The minimum Gasteiger partial charge on any atom is -0.378 e. The fraction of sp³-hybridized carbons (Fsp3) is 0.682. The van der Waals surface area contributed by atoms with Crippen LogP contribution in [0.25, 0.3) is 0 Å². The van der Waals surface area contributed by atoms with Gasteiger partial charge in [-0.3, -0.25) is 9.59 Å². The molecular formula is C22H30FN3O3. The van der Waals surface area contributed by atoms with E-state index in [9.17, 15) is 14.0 Å². The van der Waals surface area contributed by atoms with E-state index in [-0.39, 0.29) is 28.8 Å². The van der Waals surface area contributed by atoms with Crippen LogP contribution in [0.1, 0.15) is 55.4 Å². The molecule has 0 radical (unpaired) electrons. The van der Waals surface area contributed by atoms with Crippen LogP contribution >= 0.6 is 0 Å². The Labute approximate surface area is 171 Å². The zero-order chi connectivity index (χ0) is 20.3. The van der Waals surface area contributed by atoms with Crippen LogP contribution in [0, 0.1) is 17.2 Å². The Morgan fingerprint density at radius 2 is 1.93 bits per heavy atom. The van der Waals surface area contributed by atoms with E-state index in [1.54, 1.807) is 4.90 Å². The van der Waals surface area contributed by atoms with Gasteiger partial charge in [-0.2, -0.15) is 0 Å². The standard InChI is InChI=1S/C22H30FN3O3/c23-18-5-4-10-24-20(18)21(28)26-15-17(22(16-26)8-2-1-3-9-22)6-7-19(27)25-11-13-29-14-12-25/h4-5,10,17H,1-3,6-9,11-16H2. The van der Waals surface area contributed by atoms with Gasteiger partial charge in [0.05, 0.1) is 13.2 Å². The fourth-order valence-electron chi connectivity index (χ4n) is 5.37. The van der Waals surface area contributed by atoms with Crippen LogP contribution in [0.15, 0.2) is 18.3 Å². The van der Waals surface area contributed by atoms with E-state index < -0.39 is 5.82 Å². The maximum absolute atomic E-state index is 14.1. The van der Waals surface area contributed by atoms with Crippen molar-refractivity contribution in [1.82, 2.24) is 14.8 Å². The molecular weight excluding hydrogens is 373 g/mol. The summed E-state index contributed by atoms with van der Waals surface area (Å²) in [5, 5.41) is 0. The SMILES string of the molecule is O=C(CCC1CN(C(=O)c2ncccc2F)CC12CCCCC2)N1CCOCC1. The number of hydrogen-bond donors (Lipinski definition) is 0. The number of pyridine rings is 1. The molecule has 1 aliphatic carbocycles. The van der Waals surface area contributed by atoms with Crippen molar-refractivity contribution in [2.24, 2.45) is 11.3 Å². The monoisotopic (exact) mass is 403 g/mol. The second kappa shape index (κ2) is 8.78. The van der Waals surface area contributed by atoms with Gasteiger partial charge in [0.1, 0.15) is 0 Å². The topological polar surface area (TPSA) is 62.7 Å². The minimum absolute atomic E-state index is 0.0600. The number of likely N-dealkylation sites (tertiary alicyclic amines) is 1. The van der Waals surface area contributed by atoms with Crippen molar-refractivity contribution in [3.05, 3.63) is 29.8 Å². The maximum atomic E-state index is 14.1. The van der Waals surface area contributed by atoms with Gasteiger partial charge in [-0.15, -0.1) is 0 Å². The number of aromatic nitrogens is 1. The van der Waals surface area contributed by atoms with Gasteiger partial charge in [0.25, 0.3) is 5.91 Å². The Bertz CT molecular complexity index is 745. The first-order chi connectivity index (χ1) is 14.1. The number of ether oxygens (including phenoxy) is 1. The fourth-order valence-corrected chi connectivity index (χ4v) is 5.37. The van der Waals surface area contributed by atoms with Crippen molar-refractivity contribution in [2.75, 3.05) is 39.4 Å². The molecule has 6 nitrogen and oxygen atoms in total. The molecule has 1 atom stereocenters. The van der Waals surface area contributed by atoms with E-state index in [1.165, 1.54) is 24.8 Å². The van der Waals surface area contributed by atoms with Crippen LogP contribution < -0.4 is 0 Å². The summed E-state index contributed by atoms with van der Waals surface area (Å²) in [6, 6.07) is 2.78. The molecule has 4 rings (SSSR count). The van der Waals surface area contributed by atoms with Crippen LogP contribution in [-0.2, 0) is 9.53 Å². The predicted molar refractivity (Wildman–Crippen MR) is 106 cm³/mol. The van der Waals surface area contributed by atoms with Gasteiger partial charge in [0.2, 0.25) is 5.91 Å². The normalized spacial score (nSPS) is 24.1. The third-order valence-corrected chi connectivity index (χ3v) is 6.98. The third kappa shape index (κ3) is 4.29. The largest absolute Gasteiger partial charge is 0.378 e. The lowest BCUT2D eigenvalue weighted by Crippen LogP contribution is -2.41. The van der Waals surface area contributed by atoms with Crippen molar-refractivity contribution < 1.29 is 18.7 Å². The Morgan fingerprint density at radius 3 is 2.66 bits per heavy atom. The highest BCUT2D eigenvalue weighted by molar-refractivity contribution is 5.92. The summed E-state index contributed by atoms with van der Waals surface area (Å²) >= 11 is 0. The summed E-state index contributed by atoms with van der Waals surface area (Å²) < 4.78 is 19.4. The summed E-state index contributed by atoms with van der Waals surface area (Å²) in [5.41, 5.74) is -0.0340. The molecule has 2 saturated heterocycles. The van der Waals surface area contributed by atoms with Crippen LogP contribution in [0.5, 0.6) is 0 Å². The lowest BCUT2D eigenvalue weighted by atomic mass is 9.66. The van der Waals surface area contributed by atoms with E-state index >= 15 is 0 Å². The number of morpholine rings is 1. The molecule has 1 saturated carbocycles. The van der Waals surface area contributed by atoms with E-state index in [0.29, 0.717) is 45.8 Å². The second-order valence-electron chi connectivity index (χ2n) is 8.67. The highest BCUT2D eigenvalue weighted by Gasteiger charge is 2.48. The molecule has 158 valence electrons. The van der Waals surface area contributed by atoms with Crippen molar-refractivity contribution in [3.8, 4) is 0 Å². The molecule has 3 aliphatic rings. The summed E-state index contributed by atoms with van der Waals surface area (Å²) in [4.78, 5) is 33.2. The zero-order valence-electron chi connectivity index (χ0n) is 16.9. The number of amides is 2. The smallest absolute Gasteiger partial charge is 0.275 e. The molecule has 1 aromatic heterocycles. The molecule has 29 heavy (non-hydrogen) atoms. The van der Waals surface area contributed by atoms with Crippen LogP contribution in [-0.4, -0.2) is 66.0 Å². The lowest BCUT2D eigenvalue weighted by Gasteiger charge is -2.38. The van der Waals surface area contributed by atoms with Gasteiger partial charge in [-0.1, -0.05) is 19.3 Å². The summed E-state index contributed by atoms with van der Waals surface area (Å²) in [7, 11) is 0. The van der Waals surface area contributed by atoms with E-state index in [1.807, 2.05) is 4.90 Å². The van der Waals surface area contributed by atoms with Gasteiger partial charge in [-0.25, -0.2) is 9.37 Å². The number of carbonyl (C=O) groups excluding carboxylic acids is 2. The number of nitrogens with zero attached hydrogens (tertiary/aromatic N) is 3. The molecule has 0 N–H and O–H groups in total. The first-order valence-electron chi connectivity index (χ1n) is 10.8. The molecule has 0 bridgehead atoms. The molecule has 7 heteroatoms. The van der Waals surface area contributed by atoms with Gasteiger partial charge >= 0.3 is 0 Å². The van der Waals surface area contributed by atoms with E-state index in [2.05, 4.69) is 4.98 Å². The van der Waals surface area contributed by atoms with Crippen LogP contribution in [0.2, 0.25) is 0 Å². The van der Waals surface area contributed by atoms with Crippen molar-refractivity contribution in [1.29, 1.82) is 0 Å². The zero-order valence-corrected chi connectivity index (χ0v) is 16.9. The van der Waals surface area contributed by atoms with Crippen molar-refractivity contribution in [2.45, 2.75) is 44.9 Å². The van der Waals surface area contributed by atoms with Crippen molar-refractivity contribution in [3.63, 3.8) is 0 Å². The second-order valence-corrected chi connectivity index (χ2v) is 8.67. The van der Waals surface area contributed by atoms with Gasteiger partial charge in [-0.05, 0) is 42.7 Å². The highest BCUT2D eigenvalue weighted by Crippen LogP contribution is 2.49. The highest BCUT2D eigenvalue weighted by atomic mass is 19.1. The Kier molecular flexibility index (Phi) is 6.13. The minimum atomic E-state index is -0.568. The molecule has 1 spiro atoms. The predicted octanol–water partition coefficient (Wildman–Crippen LogP) is 2.88. The van der Waals surface area contributed by atoms with Gasteiger partial charge in [0, 0.05) is 38.8 Å². The molecule has 2 aliphatic heterocycles. The first kappa shape index (κ1) is 20.3. The number of hydrogen-bond acceptors (Lipinski definition) is 4. The third-order valence-electron chi connectivity index (χ3n) is 6.98.